The minimum absolute atomic E-state index is 0.432. The number of nitriles is 1. The molecular weight excluding hydrogens is 308 g/mol. The summed E-state index contributed by atoms with van der Waals surface area (Å²) in [5, 5.41) is 19.9. The van der Waals surface area contributed by atoms with Crippen LogP contribution in [0.2, 0.25) is 0 Å². The summed E-state index contributed by atoms with van der Waals surface area (Å²) in [6.07, 6.45) is 2.47. The number of thioether (sulfide) groups is 1. The summed E-state index contributed by atoms with van der Waals surface area (Å²) in [6, 6.07) is 10.0. The molecule has 0 atom stereocenters. The zero-order chi connectivity index (χ0) is 15.8. The Kier molecular flexibility index (Phi) is 3.39. The number of anilines is 1. The monoisotopic (exact) mass is 322 g/mol. The largest absolute Gasteiger partial charge is 0.384 e. The lowest BCUT2D eigenvalue weighted by atomic mass is 10.0. The van der Waals surface area contributed by atoms with Gasteiger partial charge < -0.3 is 5.73 Å². The minimum Gasteiger partial charge on any atom is -0.384 e. The standard InChI is InChI=1S/C16H14N6S/c17-7-9-1-4-12(10-2-3-10)11(5-9)8-23-13-6-14(18)19-16-15(13)20-22-21-16/h1,4-6,10H,2-3,8H2,(H3,18,19,20,21,22). The molecule has 0 bridgehead atoms. The van der Waals surface area contributed by atoms with Crippen LogP contribution < -0.4 is 5.73 Å². The van der Waals surface area contributed by atoms with Crippen LogP contribution in [0.1, 0.15) is 35.4 Å². The number of fused-ring (bicyclic) bond motifs is 1. The van der Waals surface area contributed by atoms with E-state index in [4.69, 9.17) is 11.0 Å². The van der Waals surface area contributed by atoms with Crippen molar-refractivity contribution in [1.82, 2.24) is 20.4 Å². The maximum absolute atomic E-state index is 9.14. The molecule has 0 saturated heterocycles. The molecule has 0 amide bonds. The molecule has 4 rings (SSSR count). The van der Waals surface area contributed by atoms with Crippen molar-refractivity contribution in [2.75, 3.05) is 5.73 Å². The number of aromatic amines is 1. The molecule has 1 aromatic carbocycles. The fourth-order valence-electron chi connectivity index (χ4n) is 2.68. The van der Waals surface area contributed by atoms with Crippen LogP contribution >= 0.6 is 11.8 Å². The van der Waals surface area contributed by atoms with Gasteiger partial charge in [0.25, 0.3) is 0 Å². The van der Waals surface area contributed by atoms with E-state index in [2.05, 4.69) is 32.5 Å². The van der Waals surface area contributed by atoms with E-state index in [9.17, 15) is 0 Å². The number of hydrogen-bond acceptors (Lipinski definition) is 6. The van der Waals surface area contributed by atoms with E-state index in [-0.39, 0.29) is 0 Å². The lowest BCUT2D eigenvalue weighted by Gasteiger charge is -2.09. The third kappa shape index (κ3) is 2.73. The summed E-state index contributed by atoms with van der Waals surface area (Å²) in [5.41, 5.74) is 10.4. The second kappa shape index (κ2) is 5.56. The second-order valence-corrected chi connectivity index (χ2v) is 6.65. The highest BCUT2D eigenvalue weighted by atomic mass is 32.2. The number of hydrogen-bond donors (Lipinski definition) is 2. The Labute approximate surface area is 137 Å². The molecule has 3 N–H and O–H groups in total. The van der Waals surface area contributed by atoms with Gasteiger partial charge in [-0.3, -0.25) is 0 Å². The molecule has 1 saturated carbocycles. The lowest BCUT2D eigenvalue weighted by molar-refractivity contribution is 0.953. The first-order valence-corrected chi connectivity index (χ1v) is 8.36. The first kappa shape index (κ1) is 14.0. The van der Waals surface area contributed by atoms with Crippen molar-refractivity contribution in [3.05, 3.63) is 41.0 Å². The SMILES string of the molecule is N#Cc1ccc(C2CC2)c(CSc2cc(N)nc3n[nH]nc23)c1. The first-order chi connectivity index (χ1) is 11.2. The fourth-order valence-corrected chi connectivity index (χ4v) is 3.72. The van der Waals surface area contributed by atoms with Crippen LogP contribution in [0.5, 0.6) is 0 Å². The third-order valence-electron chi connectivity index (χ3n) is 3.95. The molecule has 0 unspecified atom stereocenters. The molecule has 0 spiro atoms. The number of nitrogens with two attached hydrogens (primary N) is 1. The highest BCUT2D eigenvalue weighted by Gasteiger charge is 2.26. The molecule has 114 valence electrons. The smallest absolute Gasteiger partial charge is 0.204 e. The van der Waals surface area contributed by atoms with Gasteiger partial charge in [0.05, 0.1) is 11.6 Å². The maximum atomic E-state index is 9.14. The van der Waals surface area contributed by atoms with Crippen LogP contribution in [-0.4, -0.2) is 20.4 Å². The van der Waals surface area contributed by atoms with Crippen LogP contribution in [0, 0.1) is 11.3 Å². The average molecular weight is 322 g/mol. The average Bonchev–Trinajstić information content (AvgIpc) is 3.30. The second-order valence-electron chi connectivity index (χ2n) is 5.63. The lowest BCUT2D eigenvalue weighted by Crippen LogP contribution is -1.94. The molecule has 0 aliphatic heterocycles. The summed E-state index contributed by atoms with van der Waals surface area (Å²) in [7, 11) is 0. The van der Waals surface area contributed by atoms with Gasteiger partial charge in [0.2, 0.25) is 5.65 Å². The minimum atomic E-state index is 0.432. The highest BCUT2D eigenvalue weighted by molar-refractivity contribution is 7.98. The zero-order valence-electron chi connectivity index (χ0n) is 12.3. The van der Waals surface area contributed by atoms with Crippen LogP contribution in [0.15, 0.2) is 29.2 Å². The van der Waals surface area contributed by atoms with E-state index in [0.29, 0.717) is 22.9 Å². The Balaban J connectivity index is 1.65. The number of aromatic nitrogens is 4. The normalized spacial score (nSPS) is 14.0. The summed E-state index contributed by atoms with van der Waals surface area (Å²) in [5.74, 6) is 1.85. The predicted octanol–water partition coefficient (Wildman–Crippen LogP) is 2.98. The zero-order valence-corrected chi connectivity index (χ0v) is 13.1. The van der Waals surface area contributed by atoms with Crippen LogP contribution in [0.4, 0.5) is 5.82 Å². The van der Waals surface area contributed by atoms with Gasteiger partial charge in [-0.25, -0.2) is 4.98 Å². The van der Waals surface area contributed by atoms with Crippen LogP contribution in [0.3, 0.4) is 0 Å². The van der Waals surface area contributed by atoms with Gasteiger partial charge in [0.15, 0.2) is 0 Å². The van der Waals surface area contributed by atoms with E-state index >= 15 is 0 Å². The van der Waals surface area contributed by atoms with Crippen molar-refractivity contribution >= 4 is 28.7 Å². The van der Waals surface area contributed by atoms with E-state index in [1.54, 1.807) is 11.8 Å². The fraction of sp³-hybridized carbons (Fsp3) is 0.250. The van der Waals surface area contributed by atoms with Crippen LogP contribution in [-0.2, 0) is 5.75 Å². The molecule has 3 aromatic rings. The number of nitrogens with one attached hydrogen (secondary N) is 1. The molecule has 2 aromatic heterocycles. The van der Waals surface area contributed by atoms with Gasteiger partial charge in [0.1, 0.15) is 11.3 Å². The summed E-state index contributed by atoms with van der Waals surface area (Å²) < 4.78 is 0. The van der Waals surface area contributed by atoms with Gasteiger partial charge in [-0.05, 0) is 48.1 Å². The Morgan fingerprint density at radius 3 is 2.96 bits per heavy atom. The molecule has 1 aliphatic rings. The van der Waals surface area contributed by atoms with Crippen LogP contribution in [0.25, 0.3) is 11.2 Å². The summed E-state index contributed by atoms with van der Waals surface area (Å²) >= 11 is 1.65. The van der Waals surface area contributed by atoms with E-state index in [0.717, 1.165) is 16.2 Å². The number of nitrogens with zero attached hydrogens (tertiary/aromatic N) is 4. The number of rotatable bonds is 4. The molecule has 6 nitrogen and oxygen atoms in total. The Bertz CT molecular complexity index is 922. The Morgan fingerprint density at radius 2 is 2.17 bits per heavy atom. The molecule has 1 fully saturated rings. The number of pyridine rings is 1. The van der Waals surface area contributed by atoms with Gasteiger partial charge in [0, 0.05) is 10.6 Å². The van der Waals surface area contributed by atoms with E-state index in [1.807, 2.05) is 18.2 Å². The number of benzene rings is 1. The third-order valence-corrected chi connectivity index (χ3v) is 5.03. The molecule has 0 radical (unpaired) electrons. The molecule has 1 aliphatic carbocycles. The van der Waals surface area contributed by atoms with Gasteiger partial charge >= 0.3 is 0 Å². The van der Waals surface area contributed by atoms with Crippen molar-refractivity contribution in [3.8, 4) is 6.07 Å². The Hall–Kier alpha value is -2.59. The summed E-state index contributed by atoms with van der Waals surface area (Å²) in [4.78, 5) is 5.10. The molecule has 7 heteroatoms. The van der Waals surface area contributed by atoms with Gasteiger partial charge in [-0.1, -0.05) is 6.07 Å². The molecule has 23 heavy (non-hydrogen) atoms. The molecule has 2 heterocycles. The topological polar surface area (TPSA) is 104 Å². The Morgan fingerprint density at radius 1 is 1.30 bits per heavy atom. The maximum Gasteiger partial charge on any atom is 0.204 e. The highest BCUT2D eigenvalue weighted by Crippen LogP contribution is 2.43. The number of nitrogen functional groups attached to an aromatic ring is 1. The number of H-pyrrole nitrogens is 1. The van der Waals surface area contributed by atoms with Crippen molar-refractivity contribution in [2.45, 2.75) is 29.4 Å². The molecular formula is C16H14N6S. The van der Waals surface area contributed by atoms with E-state index in [1.165, 1.54) is 24.0 Å². The van der Waals surface area contributed by atoms with Crippen molar-refractivity contribution < 1.29 is 0 Å². The first-order valence-electron chi connectivity index (χ1n) is 7.37. The van der Waals surface area contributed by atoms with Crippen molar-refractivity contribution in [2.24, 2.45) is 0 Å². The van der Waals surface area contributed by atoms with E-state index < -0.39 is 0 Å². The van der Waals surface area contributed by atoms with Gasteiger partial charge in [-0.15, -0.1) is 16.9 Å². The van der Waals surface area contributed by atoms with Crippen molar-refractivity contribution in [3.63, 3.8) is 0 Å². The predicted molar refractivity (Wildman–Crippen MR) is 88.8 cm³/mol. The summed E-state index contributed by atoms with van der Waals surface area (Å²) in [6.45, 7) is 0. The van der Waals surface area contributed by atoms with Crippen molar-refractivity contribution in [1.29, 1.82) is 5.26 Å². The quantitative estimate of drug-likeness (QED) is 0.716. The van der Waals surface area contributed by atoms with Gasteiger partial charge in [-0.2, -0.15) is 15.6 Å².